The van der Waals surface area contributed by atoms with Crippen molar-refractivity contribution in [1.82, 2.24) is 4.37 Å². The summed E-state index contributed by atoms with van der Waals surface area (Å²) >= 11 is 1.13. The van der Waals surface area contributed by atoms with Crippen LogP contribution in [0.25, 0.3) is 21.6 Å². The van der Waals surface area contributed by atoms with Gasteiger partial charge in [0.1, 0.15) is 11.6 Å². The van der Waals surface area contributed by atoms with Crippen molar-refractivity contribution in [1.29, 1.82) is 0 Å². The van der Waals surface area contributed by atoms with Gasteiger partial charge in [-0.2, -0.15) is 4.37 Å². The molecule has 0 saturated heterocycles. The third kappa shape index (κ3) is 4.23. The van der Waals surface area contributed by atoms with Gasteiger partial charge in [0.25, 0.3) is 0 Å². The summed E-state index contributed by atoms with van der Waals surface area (Å²) in [6.07, 6.45) is -0.505. The minimum Gasteiger partial charge on any atom is -0.465 e. The SMILES string of the molecule is CCC(C)(C(C)=O)c1ccc(-c2cc(C)c(-c3snc(C)c3NC(=O)O)cc2F)cc1. The van der Waals surface area contributed by atoms with Crippen molar-refractivity contribution in [3.63, 3.8) is 0 Å². The second-order valence-corrected chi connectivity index (χ2v) is 8.64. The van der Waals surface area contributed by atoms with Gasteiger partial charge in [0.2, 0.25) is 0 Å². The Labute approximate surface area is 185 Å². The fourth-order valence-corrected chi connectivity index (χ4v) is 4.56. The molecule has 2 aromatic carbocycles. The first-order chi connectivity index (χ1) is 14.6. The van der Waals surface area contributed by atoms with Crippen molar-refractivity contribution in [3.8, 4) is 21.6 Å². The molecule has 31 heavy (non-hydrogen) atoms. The normalized spacial score (nSPS) is 13.0. The zero-order valence-corrected chi connectivity index (χ0v) is 19.0. The van der Waals surface area contributed by atoms with Crippen LogP contribution in [0.3, 0.4) is 0 Å². The maximum absolute atomic E-state index is 15.1. The number of ketones is 1. The van der Waals surface area contributed by atoms with Gasteiger partial charge in [-0.15, -0.1) is 0 Å². The van der Waals surface area contributed by atoms with Gasteiger partial charge in [0.15, 0.2) is 0 Å². The van der Waals surface area contributed by atoms with Gasteiger partial charge in [-0.25, -0.2) is 9.18 Å². The lowest BCUT2D eigenvalue weighted by atomic mass is 9.76. The number of halogens is 1. The number of amides is 1. The molecule has 0 saturated carbocycles. The van der Waals surface area contributed by atoms with Crippen LogP contribution in [-0.4, -0.2) is 21.4 Å². The van der Waals surface area contributed by atoms with Crippen molar-refractivity contribution >= 4 is 29.1 Å². The van der Waals surface area contributed by atoms with Gasteiger partial charge < -0.3 is 5.11 Å². The van der Waals surface area contributed by atoms with Crippen LogP contribution < -0.4 is 5.32 Å². The van der Waals surface area contributed by atoms with E-state index >= 15 is 4.39 Å². The Balaban J connectivity index is 2.02. The predicted molar refractivity (Wildman–Crippen MR) is 122 cm³/mol. The average Bonchev–Trinajstić information content (AvgIpc) is 3.08. The molecule has 0 spiro atoms. The first-order valence-electron chi connectivity index (χ1n) is 9.97. The van der Waals surface area contributed by atoms with Crippen LogP contribution in [0.2, 0.25) is 0 Å². The van der Waals surface area contributed by atoms with E-state index in [1.54, 1.807) is 19.9 Å². The topological polar surface area (TPSA) is 79.3 Å². The van der Waals surface area contributed by atoms with Crippen LogP contribution in [-0.2, 0) is 10.2 Å². The molecule has 0 fully saturated rings. The highest BCUT2D eigenvalue weighted by Crippen LogP contribution is 2.39. The summed E-state index contributed by atoms with van der Waals surface area (Å²) in [6.45, 7) is 9.05. The molecule has 3 aromatic rings. The van der Waals surface area contributed by atoms with Crippen LogP contribution in [0.4, 0.5) is 14.9 Å². The lowest BCUT2D eigenvalue weighted by Gasteiger charge is -2.26. The first kappa shape index (κ1) is 22.6. The number of rotatable bonds is 6. The summed E-state index contributed by atoms with van der Waals surface area (Å²) in [7, 11) is 0. The van der Waals surface area contributed by atoms with Crippen LogP contribution in [0, 0.1) is 19.7 Å². The number of Topliss-reactive ketones (excluding diaryl/α,β-unsaturated/α-hetero) is 1. The van der Waals surface area contributed by atoms with Gasteiger partial charge in [-0.05, 0) is 74.5 Å². The second-order valence-electron chi connectivity index (χ2n) is 7.87. The second kappa shape index (κ2) is 8.59. The molecular weight excluding hydrogens is 415 g/mol. The van der Waals surface area contributed by atoms with Crippen molar-refractivity contribution in [3.05, 3.63) is 59.0 Å². The van der Waals surface area contributed by atoms with Crippen LogP contribution >= 0.6 is 11.5 Å². The van der Waals surface area contributed by atoms with E-state index in [0.29, 0.717) is 39.4 Å². The minimum absolute atomic E-state index is 0.0970. The van der Waals surface area contributed by atoms with Crippen molar-refractivity contribution < 1.29 is 19.1 Å². The number of hydrogen-bond donors (Lipinski definition) is 2. The van der Waals surface area contributed by atoms with E-state index in [1.165, 1.54) is 6.07 Å². The lowest BCUT2D eigenvalue weighted by molar-refractivity contribution is -0.122. The third-order valence-electron chi connectivity index (χ3n) is 5.97. The van der Waals surface area contributed by atoms with E-state index in [9.17, 15) is 9.59 Å². The largest absolute Gasteiger partial charge is 0.465 e. The smallest absolute Gasteiger partial charge is 0.409 e. The Morgan fingerprint density at radius 1 is 1.16 bits per heavy atom. The molecule has 0 aliphatic heterocycles. The number of carbonyl (C=O) groups excluding carboxylic acids is 1. The number of carbonyl (C=O) groups is 2. The Morgan fingerprint density at radius 3 is 2.35 bits per heavy atom. The number of anilines is 1. The molecule has 3 rings (SSSR count). The van der Waals surface area contributed by atoms with Gasteiger partial charge in [0.05, 0.1) is 21.7 Å². The molecule has 0 aliphatic carbocycles. The first-order valence-corrected chi connectivity index (χ1v) is 10.7. The minimum atomic E-state index is -1.19. The lowest BCUT2D eigenvalue weighted by Crippen LogP contribution is -2.29. The summed E-state index contributed by atoms with van der Waals surface area (Å²) < 4.78 is 19.3. The number of carboxylic acid groups (broad SMARTS) is 1. The molecule has 0 radical (unpaired) electrons. The number of aromatic nitrogens is 1. The van der Waals surface area contributed by atoms with E-state index in [2.05, 4.69) is 9.69 Å². The molecule has 7 heteroatoms. The third-order valence-corrected chi connectivity index (χ3v) is 6.94. The summed E-state index contributed by atoms with van der Waals surface area (Å²) in [6, 6.07) is 10.6. The number of nitrogens with zero attached hydrogens (tertiary/aromatic N) is 1. The van der Waals surface area contributed by atoms with Crippen LogP contribution in [0.5, 0.6) is 0 Å². The number of aryl methyl sites for hydroxylation is 2. The molecule has 162 valence electrons. The molecule has 2 N–H and O–H groups in total. The fourth-order valence-electron chi connectivity index (χ4n) is 3.63. The van der Waals surface area contributed by atoms with E-state index in [-0.39, 0.29) is 5.78 Å². The molecule has 0 aliphatic rings. The fraction of sp³-hybridized carbons (Fsp3) is 0.292. The quantitative estimate of drug-likeness (QED) is 0.454. The molecule has 1 atom stereocenters. The number of nitrogens with one attached hydrogen (secondary N) is 1. The highest BCUT2D eigenvalue weighted by molar-refractivity contribution is 7.10. The maximum atomic E-state index is 15.1. The summed E-state index contributed by atoms with van der Waals surface area (Å²) in [5.74, 6) is -0.315. The summed E-state index contributed by atoms with van der Waals surface area (Å²) in [5.41, 5.74) is 3.83. The molecule has 5 nitrogen and oxygen atoms in total. The van der Waals surface area contributed by atoms with Crippen molar-refractivity contribution in [2.75, 3.05) is 5.32 Å². The van der Waals surface area contributed by atoms with Gasteiger partial charge in [-0.1, -0.05) is 31.2 Å². The van der Waals surface area contributed by atoms with Gasteiger partial charge >= 0.3 is 6.09 Å². The van der Waals surface area contributed by atoms with Gasteiger partial charge in [-0.3, -0.25) is 10.1 Å². The maximum Gasteiger partial charge on any atom is 0.409 e. The highest BCUT2D eigenvalue weighted by Gasteiger charge is 2.29. The zero-order chi connectivity index (χ0) is 22.9. The van der Waals surface area contributed by atoms with Crippen LogP contribution in [0.15, 0.2) is 36.4 Å². The van der Waals surface area contributed by atoms with E-state index in [0.717, 1.165) is 22.7 Å². The predicted octanol–water partition coefficient (Wildman–Crippen LogP) is 6.58. The zero-order valence-electron chi connectivity index (χ0n) is 18.2. The monoisotopic (exact) mass is 440 g/mol. The molecule has 1 heterocycles. The molecule has 1 aromatic heterocycles. The Hall–Kier alpha value is -3.06. The van der Waals surface area contributed by atoms with Gasteiger partial charge in [0, 0.05) is 11.1 Å². The number of benzene rings is 2. The highest BCUT2D eigenvalue weighted by atomic mass is 32.1. The molecule has 1 amide bonds. The molecule has 1 unspecified atom stereocenters. The summed E-state index contributed by atoms with van der Waals surface area (Å²) in [5, 5.41) is 11.5. The number of hydrogen-bond acceptors (Lipinski definition) is 4. The summed E-state index contributed by atoms with van der Waals surface area (Å²) in [4.78, 5) is 23.8. The standard InChI is InChI=1S/C24H25FN2O3S/c1-6-24(5,15(4)28)17-9-7-16(8-10-17)19-11-13(2)18(12-20(19)25)22-21(26-23(29)30)14(3)27-31-22/h7-12,26H,6H2,1-5H3,(H,29,30). The van der Waals surface area contributed by atoms with E-state index in [4.69, 9.17) is 5.11 Å². The molecule has 0 bridgehead atoms. The van der Waals surface area contributed by atoms with Crippen molar-refractivity contribution in [2.45, 2.75) is 46.5 Å². The average molecular weight is 441 g/mol. The van der Waals surface area contributed by atoms with E-state index < -0.39 is 17.3 Å². The Kier molecular flexibility index (Phi) is 6.27. The van der Waals surface area contributed by atoms with Crippen LogP contribution in [0.1, 0.15) is 44.0 Å². The Bertz CT molecular complexity index is 1150. The van der Waals surface area contributed by atoms with E-state index in [1.807, 2.05) is 45.0 Å². The Morgan fingerprint density at radius 2 is 1.81 bits per heavy atom. The molecular formula is C24H25FN2O3S. The van der Waals surface area contributed by atoms with Crippen molar-refractivity contribution in [2.24, 2.45) is 0 Å².